The van der Waals surface area contributed by atoms with Crippen molar-refractivity contribution in [3.63, 3.8) is 0 Å². The van der Waals surface area contributed by atoms with Crippen molar-refractivity contribution in [2.24, 2.45) is 0 Å². The van der Waals surface area contributed by atoms with E-state index in [9.17, 15) is 0 Å². The van der Waals surface area contributed by atoms with Crippen LogP contribution in [0.15, 0.2) is 192 Å². The summed E-state index contributed by atoms with van der Waals surface area (Å²) in [5.74, 6) is 1.83. The number of thiophene rings is 1. The molecule has 56 heavy (non-hydrogen) atoms. The largest absolute Gasteiger partial charge is 0.456 e. The van der Waals surface area contributed by atoms with E-state index >= 15 is 0 Å². The molecule has 0 N–H and O–H groups in total. The molecule has 0 amide bonds. The van der Waals surface area contributed by atoms with Gasteiger partial charge >= 0.3 is 0 Å². The summed E-state index contributed by atoms with van der Waals surface area (Å²) in [6.45, 7) is 0. The maximum atomic E-state index is 6.52. The molecule has 262 valence electrons. The van der Waals surface area contributed by atoms with Gasteiger partial charge in [-0.1, -0.05) is 170 Å². The Morgan fingerprint density at radius 1 is 0.321 bits per heavy atom. The second kappa shape index (κ2) is 13.3. The minimum atomic E-state index is 0.597. The zero-order valence-corrected chi connectivity index (χ0v) is 30.9. The molecule has 0 aliphatic heterocycles. The SMILES string of the molecule is c1ccc(-c2ccc(-c3nc(-c4ccccc4)nc(-c4cccc5oc6ccc(-c7cccc8c7sc7c(-c9ccccc9)cccc78)cc6c45)n3)cc2)cc1. The van der Waals surface area contributed by atoms with Gasteiger partial charge < -0.3 is 4.42 Å². The highest BCUT2D eigenvalue weighted by Crippen LogP contribution is 2.45. The van der Waals surface area contributed by atoms with Gasteiger partial charge in [-0.2, -0.15) is 0 Å². The molecule has 8 aromatic carbocycles. The van der Waals surface area contributed by atoms with Crippen LogP contribution < -0.4 is 0 Å². The van der Waals surface area contributed by atoms with Gasteiger partial charge in [-0.3, -0.25) is 0 Å². The van der Waals surface area contributed by atoms with Crippen molar-refractivity contribution >= 4 is 53.4 Å². The average molecular weight is 734 g/mol. The Balaban J connectivity index is 1.08. The number of hydrogen-bond donors (Lipinski definition) is 0. The van der Waals surface area contributed by atoms with E-state index in [4.69, 9.17) is 19.4 Å². The Morgan fingerprint density at radius 3 is 1.46 bits per heavy atom. The monoisotopic (exact) mass is 733 g/mol. The Bertz CT molecular complexity index is 3230. The van der Waals surface area contributed by atoms with Crippen LogP contribution >= 0.6 is 11.3 Å². The van der Waals surface area contributed by atoms with Crippen molar-refractivity contribution in [2.45, 2.75) is 0 Å². The van der Waals surface area contributed by atoms with Gasteiger partial charge in [-0.25, -0.2) is 15.0 Å². The lowest BCUT2D eigenvalue weighted by Gasteiger charge is -2.10. The van der Waals surface area contributed by atoms with E-state index in [1.165, 1.54) is 42.4 Å². The Kier molecular flexibility index (Phi) is 7.64. The standard InChI is InChI=1S/C51H31N3OS/c1-4-13-32(14-5-1)33-25-27-36(28-26-33)50-52-49(35-17-8-3-9-18-35)53-51(54-50)42-23-12-24-45-46(42)43-31-37(29-30-44(43)55-45)39-20-11-22-41-40-21-10-19-38(47(40)56-48(39)41)34-15-6-2-7-16-34/h1-31H. The number of benzene rings is 8. The highest BCUT2D eigenvalue weighted by atomic mass is 32.1. The molecule has 5 heteroatoms. The number of aromatic nitrogens is 3. The third-order valence-corrected chi connectivity index (χ3v) is 11.9. The lowest BCUT2D eigenvalue weighted by molar-refractivity contribution is 0.669. The van der Waals surface area contributed by atoms with E-state index in [1.807, 2.05) is 59.9 Å². The zero-order chi connectivity index (χ0) is 37.0. The van der Waals surface area contributed by atoms with Gasteiger partial charge in [0.2, 0.25) is 0 Å². The Labute approximate surface area is 327 Å². The van der Waals surface area contributed by atoms with Crippen LogP contribution in [0, 0.1) is 0 Å². The van der Waals surface area contributed by atoms with E-state index in [-0.39, 0.29) is 0 Å². The van der Waals surface area contributed by atoms with Crippen molar-refractivity contribution in [2.75, 3.05) is 0 Å². The summed E-state index contributed by atoms with van der Waals surface area (Å²) in [6.07, 6.45) is 0. The molecule has 3 heterocycles. The molecule has 0 saturated heterocycles. The van der Waals surface area contributed by atoms with Gasteiger partial charge in [0.25, 0.3) is 0 Å². The Morgan fingerprint density at radius 2 is 0.804 bits per heavy atom. The molecule has 4 nitrogen and oxygen atoms in total. The maximum Gasteiger partial charge on any atom is 0.164 e. The highest BCUT2D eigenvalue weighted by Gasteiger charge is 2.20. The van der Waals surface area contributed by atoms with Crippen molar-refractivity contribution in [1.29, 1.82) is 0 Å². The predicted molar refractivity (Wildman–Crippen MR) is 233 cm³/mol. The summed E-state index contributed by atoms with van der Waals surface area (Å²) in [5.41, 5.74) is 11.5. The second-order valence-corrected chi connectivity index (χ2v) is 15.0. The molecule has 0 spiro atoms. The average Bonchev–Trinajstić information content (AvgIpc) is 3.86. The van der Waals surface area contributed by atoms with Crippen LogP contribution in [-0.2, 0) is 0 Å². The second-order valence-electron chi connectivity index (χ2n) is 13.9. The molecule has 0 aliphatic carbocycles. The van der Waals surface area contributed by atoms with Gasteiger partial charge in [-0.05, 0) is 51.6 Å². The fourth-order valence-corrected chi connectivity index (χ4v) is 9.23. The third kappa shape index (κ3) is 5.48. The molecule has 0 saturated carbocycles. The van der Waals surface area contributed by atoms with Crippen LogP contribution in [0.5, 0.6) is 0 Å². The summed E-state index contributed by atoms with van der Waals surface area (Å²) >= 11 is 1.86. The molecule has 11 rings (SSSR count). The van der Waals surface area contributed by atoms with Crippen molar-refractivity contribution in [3.05, 3.63) is 188 Å². The fraction of sp³-hybridized carbons (Fsp3) is 0. The third-order valence-electron chi connectivity index (χ3n) is 10.6. The first-order chi connectivity index (χ1) is 27.7. The first-order valence-electron chi connectivity index (χ1n) is 18.7. The summed E-state index contributed by atoms with van der Waals surface area (Å²) in [6, 6.07) is 65.6. The van der Waals surface area contributed by atoms with Crippen molar-refractivity contribution < 1.29 is 4.42 Å². The Hall–Kier alpha value is -7.21. The van der Waals surface area contributed by atoms with E-state index in [2.05, 4.69) is 140 Å². The van der Waals surface area contributed by atoms with Gasteiger partial charge in [-0.15, -0.1) is 11.3 Å². The first kappa shape index (κ1) is 32.2. The molecule has 11 aromatic rings. The lowest BCUT2D eigenvalue weighted by atomic mass is 9.98. The summed E-state index contributed by atoms with van der Waals surface area (Å²) in [4.78, 5) is 15.3. The van der Waals surface area contributed by atoms with E-state index < -0.39 is 0 Å². The smallest absolute Gasteiger partial charge is 0.164 e. The number of hydrogen-bond acceptors (Lipinski definition) is 5. The summed E-state index contributed by atoms with van der Waals surface area (Å²) in [5, 5.41) is 4.54. The number of nitrogens with zero attached hydrogens (tertiary/aromatic N) is 3. The zero-order valence-electron chi connectivity index (χ0n) is 30.1. The van der Waals surface area contributed by atoms with Crippen LogP contribution in [0.4, 0.5) is 0 Å². The normalized spacial score (nSPS) is 11.6. The van der Waals surface area contributed by atoms with Crippen LogP contribution in [0.2, 0.25) is 0 Å². The highest BCUT2D eigenvalue weighted by molar-refractivity contribution is 7.26. The predicted octanol–water partition coefficient (Wildman–Crippen LogP) is 14.1. The minimum Gasteiger partial charge on any atom is -0.456 e. The van der Waals surface area contributed by atoms with Gasteiger partial charge in [0.05, 0.1) is 0 Å². The quantitative estimate of drug-likeness (QED) is 0.171. The van der Waals surface area contributed by atoms with Crippen LogP contribution in [0.1, 0.15) is 0 Å². The molecule has 0 unspecified atom stereocenters. The summed E-state index contributed by atoms with van der Waals surface area (Å²) in [7, 11) is 0. The minimum absolute atomic E-state index is 0.597. The molecular weight excluding hydrogens is 703 g/mol. The molecule has 0 radical (unpaired) electrons. The van der Waals surface area contributed by atoms with Crippen LogP contribution in [-0.4, -0.2) is 15.0 Å². The number of furan rings is 1. The van der Waals surface area contributed by atoms with Crippen LogP contribution in [0.3, 0.4) is 0 Å². The van der Waals surface area contributed by atoms with Gasteiger partial charge in [0.1, 0.15) is 11.2 Å². The molecule has 0 fully saturated rings. The topological polar surface area (TPSA) is 51.8 Å². The number of rotatable bonds is 6. The van der Waals surface area contributed by atoms with Crippen molar-refractivity contribution in [1.82, 2.24) is 15.0 Å². The molecule has 0 aliphatic rings. The summed E-state index contributed by atoms with van der Waals surface area (Å²) < 4.78 is 9.09. The molecule has 3 aromatic heterocycles. The fourth-order valence-electron chi connectivity index (χ4n) is 7.86. The number of fused-ring (bicyclic) bond motifs is 6. The first-order valence-corrected chi connectivity index (χ1v) is 19.5. The molecule has 0 atom stereocenters. The van der Waals surface area contributed by atoms with Crippen LogP contribution in [0.25, 0.3) is 110 Å². The lowest BCUT2D eigenvalue weighted by Crippen LogP contribution is -2.00. The maximum absolute atomic E-state index is 6.52. The van der Waals surface area contributed by atoms with E-state index in [0.29, 0.717) is 17.5 Å². The molecule has 0 bridgehead atoms. The van der Waals surface area contributed by atoms with Gasteiger partial charge in [0, 0.05) is 47.6 Å². The van der Waals surface area contributed by atoms with Gasteiger partial charge in [0.15, 0.2) is 17.5 Å². The molecular formula is C51H31N3OS. The van der Waals surface area contributed by atoms with Crippen molar-refractivity contribution in [3.8, 4) is 67.5 Å². The van der Waals surface area contributed by atoms with E-state index in [0.717, 1.165) is 49.8 Å². The van der Waals surface area contributed by atoms with E-state index in [1.54, 1.807) is 0 Å².